The van der Waals surface area contributed by atoms with Crippen LogP contribution in [-0.4, -0.2) is 11.2 Å². The second kappa shape index (κ2) is 4.55. The Bertz CT molecular complexity index is 329. The van der Waals surface area contributed by atoms with Gasteiger partial charge in [-0.05, 0) is 13.8 Å². The number of hydrogen-bond acceptors (Lipinski definition) is 4. The summed E-state index contributed by atoms with van der Waals surface area (Å²) in [5.74, 6) is 0. The molecule has 0 bridgehead atoms. The molecule has 0 fully saturated rings. The summed E-state index contributed by atoms with van der Waals surface area (Å²) >= 11 is 1.19. The molecule has 0 saturated heterocycles. The van der Waals surface area contributed by atoms with Crippen LogP contribution in [0.15, 0.2) is 4.79 Å². The van der Waals surface area contributed by atoms with Gasteiger partial charge in [0.2, 0.25) is 0 Å². The predicted octanol–water partition coefficient (Wildman–Crippen LogP) is 1.22. The quantitative estimate of drug-likeness (QED) is 0.420. The third-order valence-electron chi connectivity index (χ3n) is 1.78. The van der Waals surface area contributed by atoms with E-state index in [4.69, 9.17) is 9.78 Å². The molecule has 1 aromatic rings. The molecular formula is C8H13NO3S. The molecule has 74 valence electrons. The van der Waals surface area contributed by atoms with E-state index in [0.29, 0.717) is 13.2 Å². The van der Waals surface area contributed by atoms with Crippen LogP contribution < -0.4 is 4.87 Å². The molecule has 0 N–H and O–H groups in total. The molecule has 0 atom stereocenters. The number of thiazole rings is 1. The van der Waals surface area contributed by atoms with Crippen LogP contribution in [0.5, 0.6) is 0 Å². The second-order valence-corrected chi connectivity index (χ2v) is 3.65. The fourth-order valence-electron chi connectivity index (χ4n) is 0.884. The molecule has 5 heteroatoms. The van der Waals surface area contributed by atoms with E-state index in [2.05, 4.69) is 0 Å². The topological polar surface area (TPSA) is 40.5 Å². The molecule has 1 rings (SSSR count). The zero-order valence-corrected chi connectivity index (χ0v) is 8.81. The van der Waals surface area contributed by atoms with Crippen molar-refractivity contribution in [2.45, 2.75) is 20.5 Å². The highest BCUT2D eigenvalue weighted by Gasteiger charge is 2.07. The molecule has 13 heavy (non-hydrogen) atoms. The molecule has 1 aromatic heterocycles. The van der Waals surface area contributed by atoms with Gasteiger partial charge in [-0.2, -0.15) is 0 Å². The molecular weight excluding hydrogens is 190 g/mol. The summed E-state index contributed by atoms with van der Waals surface area (Å²) in [6, 6.07) is 0. The zero-order valence-electron chi connectivity index (χ0n) is 7.99. The Balaban J connectivity index is 2.67. The van der Waals surface area contributed by atoms with Gasteiger partial charge in [0.05, 0.1) is 11.5 Å². The summed E-state index contributed by atoms with van der Waals surface area (Å²) in [4.78, 5) is 21.7. The van der Waals surface area contributed by atoms with Crippen LogP contribution in [0.3, 0.4) is 0 Å². The zero-order chi connectivity index (χ0) is 9.84. The van der Waals surface area contributed by atoms with Crippen molar-refractivity contribution >= 4 is 11.3 Å². The summed E-state index contributed by atoms with van der Waals surface area (Å²) < 4.78 is 1.61. The van der Waals surface area contributed by atoms with E-state index >= 15 is 0 Å². The van der Waals surface area contributed by atoms with Crippen molar-refractivity contribution < 1.29 is 9.78 Å². The number of hydrogen-bond donors (Lipinski definition) is 0. The fraction of sp³-hybridized carbons (Fsp3) is 0.625. The summed E-state index contributed by atoms with van der Waals surface area (Å²) in [5.41, 5.74) is 0.940. The molecule has 0 spiro atoms. The monoisotopic (exact) mass is 203 g/mol. The van der Waals surface area contributed by atoms with Crippen LogP contribution in [0.25, 0.3) is 0 Å². The fourth-order valence-corrected chi connectivity index (χ4v) is 1.76. The number of rotatable bonds is 4. The highest BCUT2D eigenvalue weighted by atomic mass is 32.1. The molecule has 0 saturated carbocycles. The summed E-state index contributed by atoms with van der Waals surface area (Å²) in [5, 5.41) is 0. The highest BCUT2D eigenvalue weighted by molar-refractivity contribution is 7.09. The maximum atomic E-state index is 11.2. The molecule has 0 aliphatic rings. The molecule has 0 radical (unpaired) electrons. The molecule has 1 heterocycles. The predicted molar refractivity (Wildman–Crippen MR) is 50.7 cm³/mol. The van der Waals surface area contributed by atoms with Gasteiger partial charge in [0.15, 0.2) is 0 Å². The van der Waals surface area contributed by atoms with Gasteiger partial charge in [-0.1, -0.05) is 11.3 Å². The average Bonchev–Trinajstić information content (AvgIpc) is 2.34. The van der Waals surface area contributed by atoms with E-state index < -0.39 is 0 Å². The summed E-state index contributed by atoms with van der Waals surface area (Å²) in [7, 11) is 1.75. The van der Waals surface area contributed by atoms with Crippen molar-refractivity contribution in [3.63, 3.8) is 0 Å². The Morgan fingerprint density at radius 2 is 2.15 bits per heavy atom. The third-order valence-corrected chi connectivity index (χ3v) is 2.89. The smallest absolute Gasteiger partial charge is 0.306 e. The van der Waals surface area contributed by atoms with Gasteiger partial charge in [-0.25, -0.2) is 9.78 Å². The van der Waals surface area contributed by atoms with Crippen LogP contribution in [0, 0.1) is 6.92 Å². The minimum Gasteiger partial charge on any atom is -0.306 e. The minimum absolute atomic E-state index is 0.0348. The molecule has 0 aliphatic heterocycles. The number of aromatic nitrogens is 1. The van der Waals surface area contributed by atoms with Gasteiger partial charge >= 0.3 is 4.87 Å². The third kappa shape index (κ3) is 2.40. The Hall–Kier alpha value is -0.650. The summed E-state index contributed by atoms with van der Waals surface area (Å²) in [6.07, 6.45) is 0. The molecule has 0 aliphatic carbocycles. The van der Waals surface area contributed by atoms with Gasteiger partial charge in [0.1, 0.15) is 6.61 Å². The lowest BCUT2D eigenvalue weighted by atomic mass is 10.4. The van der Waals surface area contributed by atoms with Crippen molar-refractivity contribution in [2.75, 3.05) is 6.61 Å². The highest BCUT2D eigenvalue weighted by Crippen LogP contribution is 2.11. The van der Waals surface area contributed by atoms with Crippen molar-refractivity contribution in [1.29, 1.82) is 0 Å². The van der Waals surface area contributed by atoms with Gasteiger partial charge in [-0.15, -0.1) is 0 Å². The standard InChI is InChI=1S/C8H13NO3S/c1-4-11-12-5-7-6(2)9(3)8(10)13-7/h4-5H2,1-3H3. The largest absolute Gasteiger partial charge is 0.307 e. The maximum Gasteiger partial charge on any atom is 0.307 e. The Labute approximate surface area is 80.6 Å². The van der Waals surface area contributed by atoms with Crippen LogP contribution >= 0.6 is 11.3 Å². The first-order chi connectivity index (χ1) is 6.16. The first kappa shape index (κ1) is 10.4. The van der Waals surface area contributed by atoms with Crippen molar-refractivity contribution in [3.05, 3.63) is 20.2 Å². The Kier molecular flexibility index (Phi) is 3.65. The van der Waals surface area contributed by atoms with Gasteiger partial charge < -0.3 is 4.57 Å². The van der Waals surface area contributed by atoms with Crippen LogP contribution in [-0.2, 0) is 23.4 Å². The van der Waals surface area contributed by atoms with E-state index in [9.17, 15) is 4.79 Å². The SMILES string of the molecule is CCOOCc1sc(=O)n(C)c1C. The Morgan fingerprint density at radius 1 is 1.46 bits per heavy atom. The summed E-state index contributed by atoms with van der Waals surface area (Å²) in [6.45, 7) is 4.60. The average molecular weight is 203 g/mol. The van der Waals surface area contributed by atoms with Gasteiger partial charge in [0.25, 0.3) is 0 Å². The lowest BCUT2D eigenvalue weighted by Crippen LogP contribution is -2.08. The lowest BCUT2D eigenvalue weighted by molar-refractivity contribution is -0.300. The van der Waals surface area contributed by atoms with E-state index in [1.165, 1.54) is 11.3 Å². The first-order valence-electron chi connectivity index (χ1n) is 4.06. The maximum absolute atomic E-state index is 11.2. The van der Waals surface area contributed by atoms with Crippen molar-refractivity contribution in [1.82, 2.24) is 4.57 Å². The first-order valence-corrected chi connectivity index (χ1v) is 4.88. The lowest BCUT2D eigenvalue weighted by Gasteiger charge is -2.00. The Morgan fingerprint density at radius 3 is 2.62 bits per heavy atom. The van der Waals surface area contributed by atoms with Gasteiger partial charge in [0, 0.05) is 12.7 Å². The van der Waals surface area contributed by atoms with E-state index in [1.807, 2.05) is 13.8 Å². The molecule has 4 nitrogen and oxygen atoms in total. The van der Waals surface area contributed by atoms with Crippen molar-refractivity contribution in [3.8, 4) is 0 Å². The van der Waals surface area contributed by atoms with Crippen LogP contribution in [0.4, 0.5) is 0 Å². The normalized spacial score (nSPS) is 10.7. The number of nitrogens with zero attached hydrogens (tertiary/aromatic N) is 1. The minimum atomic E-state index is 0.0348. The van der Waals surface area contributed by atoms with Crippen LogP contribution in [0.2, 0.25) is 0 Å². The van der Waals surface area contributed by atoms with E-state index in [-0.39, 0.29) is 4.87 Å². The van der Waals surface area contributed by atoms with E-state index in [1.54, 1.807) is 11.6 Å². The van der Waals surface area contributed by atoms with E-state index in [0.717, 1.165) is 10.6 Å². The van der Waals surface area contributed by atoms with Gasteiger partial charge in [-0.3, -0.25) is 4.79 Å². The molecule has 0 aromatic carbocycles. The van der Waals surface area contributed by atoms with Crippen molar-refractivity contribution in [2.24, 2.45) is 7.05 Å². The van der Waals surface area contributed by atoms with Crippen LogP contribution in [0.1, 0.15) is 17.5 Å². The molecule has 0 unspecified atom stereocenters. The molecule has 0 amide bonds. The second-order valence-electron chi connectivity index (χ2n) is 2.60.